The molecule has 3 nitrogen and oxygen atoms in total. The van der Waals surface area contributed by atoms with Crippen LogP contribution in [0, 0.1) is 0 Å². The molecule has 1 heterocycles. The molecule has 0 aliphatic rings. The minimum atomic E-state index is 0.707. The second-order valence-electron chi connectivity index (χ2n) is 4.47. The highest BCUT2D eigenvalue weighted by Crippen LogP contribution is 2.32. The van der Waals surface area contributed by atoms with Gasteiger partial charge in [0.05, 0.1) is 22.0 Å². The monoisotopic (exact) mass is 319 g/mol. The average Bonchev–Trinajstić information content (AvgIpc) is 2.40. The molecule has 2 aromatic rings. The second kappa shape index (κ2) is 6.57. The minimum Gasteiger partial charge on any atom is -0.396 e. The maximum absolute atomic E-state index is 6.07. The standard InChI is InChI=1S/C15H18BrN3/c1-2-8-19(11-12-6-4-3-5-7-12)15-13(16)9-18-10-14(15)17/h3-7,9-10H,2,8,11,17H2,1H3. The van der Waals surface area contributed by atoms with Crippen molar-refractivity contribution in [3.05, 3.63) is 52.8 Å². The van der Waals surface area contributed by atoms with Gasteiger partial charge in [0, 0.05) is 19.3 Å². The van der Waals surface area contributed by atoms with Gasteiger partial charge in [0.25, 0.3) is 0 Å². The van der Waals surface area contributed by atoms with Crippen LogP contribution in [0.4, 0.5) is 11.4 Å². The summed E-state index contributed by atoms with van der Waals surface area (Å²) in [5.41, 5.74) is 9.08. The summed E-state index contributed by atoms with van der Waals surface area (Å²) in [5, 5.41) is 0. The van der Waals surface area contributed by atoms with Crippen molar-refractivity contribution < 1.29 is 0 Å². The number of halogens is 1. The van der Waals surface area contributed by atoms with Crippen LogP contribution in [0.5, 0.6) is 0 Å². The van der Waals surface area contributed by atoms with Crippen LogP contribution >= 0.6 is 15.9 Å². The second-order valence-corrected chi connectivity index (χ2v) is 5.32. The fourth-order valence-corrected chi connectivity index (χ4v) is 2.72. The molecule has 2 rings (SSSR count). The van der Waals surface area contributed by atoms with Gasteiger partial charge in [-0.2, -0.15) is 0 Å². The Balaban J connectivity index is 2.30. The third-order valence-corrected chi connectivity index (χ3v) is 3.51. The lowest BCUT2D eigenvalue weighted by Crippen LogP contribution is -2.25. The number of hydrogen-bond acceptors (Lipinski definition) is 3. The lowest BCUT2D eigenvalue weighted by atomic mass is 10.2. The molecule has 1 aromatic heterocycles. The van der Waals surface area contributed by atoms with Crippen LogP contribution in [0.1, 0.15) is 18.9 Å². The summed E-state index contributed by atoms with van der Waals surface area (Å²) in [5.74, 6) is 0. The van der Waals surface area contributed by atoms with Gasteiger partial charge in [0.1, 0.15) is 0 Å². The molecule has 0 unspecified atom stereocenters. The maximum Gasteiger partial charge on any atom is 0.0779 e. The van der Waals surface area contributed by atoms with E-state index in [0.717, 1.165) is 29.7 Å². The van der Waals surface area contributed by atoms with Gasteiger partial charge in [0.2, 0.25) is 0 Å². The average molecular weight is 320 g/mol. The van der Waals surface area contributed by atoms with E-state index >= 15 is 0 Å². The fourth-order valence-electron chi connectivity index (χ4n) is 2.12. The van der Waals surface area contributed by atoms with Crippen molar-refractivity contribution in [3.8, 4) is 0 Å². The molecule has 2 N–H and O–H groups in total. The summed E-state index contributed by atoms with van der Waals surface area (Å²) in [4.78, 5) is 6.38. The van der Waals surface area contributed by atoms with Gasteiger partial charge in [-0.1, -0.05) is 37.3 Å². The molecular weight excluding hydrogens is 302 g/mol. The van der Waals surface area contributed by atoms with Crippen molar-refractivity contribution in [1.82, 2.24) is 4.98 Å². The zero-order valence-corrected chi connectivity index (χ0v) is 12.6. The van der Waals surface area contributed by atoms with E-state index in [4.69, 9.17) is 5.73 Å². The first-order valence-electron chi connectivity index (χ1n) is 6.40. The minimum absolute atomic E-state index is 0.707. The number of aromatic nitrogens is 1. The Morgan fingerprint density at radius 1 is 1.21 bits per heavy atom. The molecule has 100 valence electrons. The van der Waals surface area contributed by atoms with E-state index < -0.39 is 0 Å². The van der Waals surface area contributed by atoms with Crippen LogP contribution < -0.4 is 10.6 Å². The molecule has 0 radical (unpaired) electrons. The first-order chi connectivity index (χ1) is 9.22. The van der Waals surface area contributed by atoms with Gasteiger partial charge in [-0.25, -0.2) is 0 Å². The number of benzene rings is 1. The Kier molecular flexibility index (Phi) is 4.80. The molecule has 0 spiro atoms. The molecule has 4 heteroatoms. The highest BCUT2D eigenvalue weighted by molar-refractivity contribution is 9.10. The molecule has 0 saturated carbocycles. The van der Waals surface area contributed by atoms with E-state index in [2.05, 4.69) is 57.0 Å². The maximum atomic E-state index is 6.07. The number of hydrogen-bond donors (Lipinski definition) is 1. The first kappa shape index (κ1) is 13.9. The Labute approximate surface area is 122 Å². The Bertz CT molecular complexity index is 508. The van der Waals surface area contributed by atoms with Crippen LogP contribution in [0.2, 0.25) is 0 Å². The number of rotatable bonds is 5. The molecule has 0 amide bonds. The quantitative estimate of drug-likeness (QED) is 0.910. The van der Waals surface area contributed by atoms with E-state index in [9.17, 15) is 0 Å². The van der Waals surface area contributed by atoms with Crippen LogP contribution in [-0.4, -0.2) is 11.5 Å². The van der Waals surface area contributed by atoms with Crippen LogP contribution in [0.3, 0.4) is 0 Å². The Hall–Kier alpha value is -1.55. The van der Waals surface area contributed by atoms with Gasteiger partial charge in [-0.3, -0.25) is 4.98 Å². The van der Waals surface area contributed by atoms with Gasteiger partial charge in [-0.05, 0) is 27.9 Å². The van der Waals surface area contributed by atoms with Gasteiger partial charge < -0.3 is 10.6 Å². The third kappa shape index (κ3) is 3.47. The SMILES string of the molecule is CCCN(Cc1ccccc1)c1c(N)cncc1Br. The highest BCUT2D eigenvalue weighted by atomic mass is 79.9. The first-order valence-corrected chi connectivity index (χ1v) is 7.19. The number of anilines is 2. The summed E-state index contributed by atoms with van der Waals surface area (Å²) < 4.78 is 0.942. The van der Waals surface area contributed by atoms with E-state index in [0.29, 0.717) is 5.69 Å². The predicted molar refractivity (Wildman–Crippen MR) is 84.1 cm³/mol. The smallest absolute Gasteiger partial charge is 0.0779 e. The normalized spacial score (nSPS) is 10.4. The van der Waals surface area contributed by atoms with Crippen molar-refractivity contribution in [2.75, 3.05) is 17.2 Å². The van der Waals surface area contributed by atoms with Crippen LogP contribution in [0.15, 0.2) is 47.2 Å². The van der Waals surface area contributed by atoms with Gasteiger partial charge in [-0.15, -0.1) is 0 Å². The van der Waals surface area contributed by atoms with Gasteiger partial charge in [0.15, 0.2) is 0 Å². The summed E-state index contributed by atoms with van der Waals surface area (Å²) >= 11 is 3.55. The number of nitrogen functional groups attached to an aromatic ring is 1. The van der Waals surface area contributed by atoms with E-state index in [1.807, 2.05) is 6.07 Å². The van der Waals surface area contributed by atoms with E-state index in [1.165, 1.54) is 5.56 Å². The van der Waals surface area contributed by atoms with Crippen molar-refractivity contribution >= 4 is 27.3 Å². The molecule has 0 fully saturated rings. The van der Waals surface area contributed by atoms with Crippen molar-refractivity contribution in [3.63, 3.8) is 0 Å². The van der Waals surface area contributed by atoms with Gasteiger partial charge >= 0.3 is 0 Å². The highest BCUT2D eigenvalue weighted by Gasteiger charge is 2.13. The number of nitrogens with zero attached hydrogens (tertiary/aromatic N) is 2. The zero-order valence-electron chi connectivity index (χ0n) is 11.0. The fraction of sp³-hybridized carbons (Fsp3) is 0.267. The van der Waals surface area contributed by atoms with Crippen molar-refractivity contribution in [2.24, 2.45) is 0 Å². The molecule has 19 heavy (non-hydrogen) atoms. The third-order valence-electron chi connectivity index (χ3n) is 2.93. The predicted octanol–water partition coefficient (Wildman–Crippen LogP) is 3.84. The molecule has 0 aliphatic heterocycles. The van der Waals surface area contributed by atoms with Crippen molar-refractivity contribution in [2.45, 2.75) is 19.9 Å². The molecule has 0 saturated heterocycles. The Morgan fingerprint density at radius 2 is 1.95 bits per heavy atom. The molecule has 0 aliphatic carbocycles. The molecule has 1 aromatic carbocycles. The number of nitrogens with two attached hydrogens (primary N) is 1. The summed E-state index contributed by atoms with van der Waals surface area (Å²) in [6.07, 6.45) is 4.56. The number of pyridine rings is 1. The summed E-state index contributed by atoms with van der Waals surface area (Å²) in [7, 11) is 0. The van der Waals surface area contributed by atoms with E-state index in [-0.39, 0.29) is 0 Å². The molecule has 0 bridgehead atoms. The topological polar surface area (TPSA) is 42.1 Å². The van der Waals surface area contributed by atoms with Crippen LogP contribution in [0.25, 0.3) is 0 Å². The molecule has 0 atom stereocenters. The molecular formula is C15H18BrN3. The Morgan fingerprint density at radius 3 is 2.58 bits per heavy atom. The summed E-state index contributed by atoms with van der Waals surface area (Å²) in [6, 6.07) is 10.4. The lowest BCUT2D eigenvalue weighted by Gasteiger charge is -2.26. The zero-order chi connectivity index (χ0) is 13.7. The van der Waals surface area contributed by atoms with Crippen molar-refractivity contribution in [1.29, 1.82) is 0 Å². The lowest BCUT2D eigenvalue weighted by molar-refractivity contribution is 0.766. The largest absolute Gasteiger partial charge is 0.396 e. The summed E-state index contributed by atoms with van der Waals surface area (Å²) in [6.45, 7) is 3.98. The van der Waals surface area contributed by atoms with E-state index in [1.54, 1.807) is 12.4 Å². The van der Waals surface area contributed by atoms with Crippen LogP contribution in [-0.2, 0) is 6.54 Å².